The maximum Gasteiger partial charge on any atom is 0.365 e. The Morgan fingerprint density at radius 1 is 1.04 bits per heavy atom. The van der Waals surface area contributed by atoms with Crippen molar-refractivity contribution >= 4 is 17.8 Å². The molecule has 0 saturated heterocycles. The minimum Gasteiger partial charge on any atom is -0.324 e. The van der Waals surface area contributed by atoms with Gasteiger partial charge in [0.2, 0.25) is 0 Å². The summed E-state index contributed by atoms with van der Waals surface area (Å²) in [6.07, 6.45) is 0. The second kappa shape index (κ2) is 5.35. The summed E-state index contributed by atoms with van der Waals surface area (Å²) in [6, 6.07) is 10.9. The van der Waals surface area contributed by atoms with Gasteiger partial charge in [-0.15, -0.1) is 0 Å². The number of halogens is 1. The lowest BCUT2D eigenvalue weighted by Gasteiger charge is -2.13. The molecule has 112 valence electrons. The van der Waals surface area contributed by atoms with Crippen LogP contribution in [0.4, 0.5) is 4.39 Å². The van der Waals surface area contributed by atoms with E-state index in [2.05, 4.69) is 0 Å². The lowest BCUT2D eigenvalue weighted by atomic mass is 10.1. The number of amides is 2. The highest BCUT2D eigenvalue weighted by atomic mass is 19.1. The molecule has 0 aliphatic carbocycles. The molecule has 7 heteroatoms. The molecule has 0 spiro atoms. The average molecular weight is 310 g/mol. The smallest absolute Gasteiger partial charge is 0.324 e. The highest BCUT2D eigenvalue weighted by Gasteiger charge is 2.39. The van der Waals surface area contributed by atoms with Gasteiger partial charge in [-0.25, -0.2) is 9.18 Å². The topological polar surface area (TPSA) is 87.5 Å². The Morgan fingerprint density at radius 3 is 2.22 bits per heavy atom. The molecule has 6 nitrogen and oxygen atoms in total. The van der Waals surface area contributed by atoms with Crippen LogP contribution in [0.25, 0.3) is 0 Å². The van der Waals surface area contributed by atoms with Crippen LogP contribution in [0.3, 0.4) is 0 Å². The third-order valence-corrected chi connectivity index (χ3v) is 3.28. The maximum absolute atomic E-state index is 13.5. The van der Waals surface area contributed by atoms with Gasteiger partial charge in [0.05, 0.1) is 16.7 Å². The fourth-order valence-electron chi connectivity index (χ4n) is 2.19. The molecule has 0 aromatic heterocycles. The van der Waals surface area contributed by atoms with Crippen molar-refractivity contribution in [2.45, 2.75) is 0 Å². The van der Waals surface area contributed by atoms with Gasteiger partial charge in [-0.1, -0.05) is 23.3 Å². The zero-order valence-corrected chi connectivity index (χ0v) is 11.4. The maximum atomic E-state index is 13.5. The van der Waals surface area contributed by atoms with Crippen molar-refractivity contribution < 1.29 is 23.6 Å². The number of hydroxylamine groups is 2. The molecule has 0 atom stereocenters. The lowest BCUT2D eigenvalue weighted by molar-refractivity contribution is -0.0585. The van der Waals surface area contributed by atoms with Crippen molar-refractivity contribution in [3.8, 4) is 6.07 Å². The number of nitrogens with zero attached hydrogens (tertiary/aromatic N) is 2. The lowest BCUT2D eigenvalue weighted by Crippen LogP contribution is -2.33. The van der Waals surface area contributed by atoms with E-state index in [0.717, 1.165) is 6.07 Å². The van der Waals surface area contributed by atoms with Crippen molar-refractivity contribution in [3.05, 3.63) is 70.5 Å². The van der Waals surface area contributed by atoms with E-state index in [1.807, 2.05) is 0 Å². The van der Waals surface area contributed by atoms with Gasteiger partial charge >= 0.3 is 5.97 Å². The predicted octanol–water partition coefficient (Wildman–Crippen LogP) is 2.07. The largest absolute Gasteiger partial charge is 0.365 e. The fraction of sp³-hybridized carbons (Fsp3) is 0. The van der Waals surface area contributed by atoms with Gasteiger partial charge in [0.1, 0.15) is 17.4 Å². The van der Waals surface area contributed by atoms with Crippen molar-refractivity contribution in [3.63, 3.8) is 0 Å². The summed E-state index contributed by atoms with van der Waals surface area (Å²) in [5, 5.41) is 9.21. The first-order valence-corrected chi connectivity index (χ1v) is 6.43. The van der Waals surface area contributed by atoms with E-state index in [1.54, 1.807) is 18.2 Å². The Morgan fingerprint density at radius 2 is 1.65 bits per heavy atom. The van der Waals surface area contributed by atoms with Crippen LogP contribution in [0, 0.1) is 17.1 Å². The minimum atomic E-state index is -1.17. The molecule has 1 heterocycles. The zero-order valence-electron chi connectivity index (χ0n) is 11.4. The van der Waals surface area contributed by atoms with Gasteiger partial charge in [-0.05, 0) is 24.3 Å². The van der Waals surface area contributed by atoms with E-state index in [-0.39, 0.29) is 16.7 Å². The normalized spacial score (nSPS) is 12.8. The highest BCUT2D eigenvalue weighted by Crippen LogP contribution is 2.24. The average Bonchev–Trinajstić information content (AvgIpc) is 2.80. The van der Waals surface area contributed by atoms with Crippen molar-refractivity contribution in [1.29, 1.82) is 5.26 Å². The summed E-state index contributed by atoms with van der Waals surface area (Å²) in [5.41, 5.74) is -0.687. The number of hydrogen-bond acceptors (Lipinski definition) is 5. The van der Waals surface area contributed by atoms with Crippen molar-refractivity contribution in [2.75, 3.05) is 0 Å². The molecule has 0 N–H and O–H groups in total. The number of hydrogen-bond donors (Lipinski definition) is 0. The Kier molecular flexibility index (Phi) is 3.35. The molecule has 0 unspecified atom stereocenters. The molecule has 2 aromatic rings. The monoisotopic (exact) mass is 310 g/mol. The predicted molar refractivity (Wildman–Crippen MR) is 73.5 cm³/mol. The Balaban J connectivity index is 1.91. The van der Waals surface area contributed by atoms with E-state index in [0.29, 0.717) is 5.06 Å². The molecule has 1 aliphatic heterocycles. The van der Waals surface area contributed by atoms with Crippen LogP contribution in [0.2, 0.25) is 0 Å². The number of carbonyl (C=O) groups excluding carboxylic acids is 3. The van der Waals surface area contributed by atoms with Crippen LogP contribution in [-0.2, 0) is 4.84 Å². The van der Waals surface area contributed by atoms with Crippen molar-refractivity contribution in [2.24, 2.45) is 0 Å². The fourth-order valence-corrected chi connectivity index (χ4v) is 2.19. The van der Waals surface area contributed by atoms with Gasteiger partial charge in [-0.2, -0.15) is 5.26 Å². The van der Waals surface area contributed by atoms with Crippen LogP contribution < -0.4 is 0 Å². The summed E-state index contributed by atoms with van der Waals surface area (Å²) in [4.78, 5) is 41.0. The summed E-state index contributed by atoms with van der Waals surface area (Å²) in [7, 11) is 0. The highest BCUT2D eigenvalue weighted by molar-refractivity contribution is 6.21. The van der Waals surface area contributed by atoms with E-state index < -0.39 is 29.2 Å². The first kappa shape index (κ1) is 14.4. The standard InChI is InChI=1S/C16H7FN2O4/c17-13-7-3-6-11(12(13)8-18)16(22)23-19-14(20)9-4-1-2-5-10(9)15(19)21/h1-7H. The molecule has 23 heavy (non-hydrogen) atoms. The van der Waals surface area contributed by atoms with Crippen molar-refractivity contribution in [1.82, 2.24) is 5.06 Å². The van der Waals surface area contributed by atoms with Crippen LogP contribution in [0.5, 0.6) is 0 Å². The first-order valence-electron chi connectivity index (χ1n) is 6.43. The summed E-state index contributed by atoms with van der Waals surface area (Å²) < 4.78 is 13.5. The van der Waals surface area contributed by atoms with E-state index in [4.69, 9.17) is 10.1 Å². The van der Waals surface area contributed by atoms with Crippen LogP contribution in [0.15, 0.2) is 42.5 Å². The van der Waals surface area contributed by atoms with Gasteiger partial charge in [0.15, 0.2) is 0 Å². The molecular formula is C16H7FN2O4. The van der Waals surface area contributed by atoms with Gasteiger partial charge in [0, 0.05) is 0 Å². The molecular weight excluding hydrogens is 303 g/mol. The molecule has 2 aromatic carbocycles. The number of imide groups is 1. The molecule has 0 fully saturated rings. The Labute approximate surface area is 129 Å². The second-order valence-corrected chi connectivity index (χ2v) is 4.60. The van der Waals surface area contributed by atoms with E-state index >= 15 is 0 Å². The molecule has 3 rings (SSSR count). The van der Waals surface area contributed by atoms with Gasteiger partial charge in [-0.3, -0.25) is 9.59 Å². The number of nitriles is 1. The third kappa shape index (κ3) is 2.22. The van der Waals surface area contributed by atoms with E-state index in [9.17, 15) is 18.8 Å². The summed E-state index contributed by atoms with van der Waals surface area (Å²) in [6.45, 7) is 0. The SMILES string of the molecule is N#Cc1c(F)cccc1C(=O)ON1C(=O)c2ccccc2C1=O. The van der Waals surface area contributed by atoms with Crippen LogP contribution in [-0.4, -0.2) is 22.8 Å². The number of rotatable bonds is 2. The molecule has 0 bridgehead atoms. The second-order valence-electron chi connectivity index (χ2n) is 4.60. The van der Waals surface area contributed by atoms with Gasteiger partial charge in [0.25, 0.3) is 11.8 Å². The molecule has 1 aliphatic rings. The summed E-state index contributed by atoms with van der Waals surface area (Å²) >= 11 is 0. The quantitative estimate of drug-likeness (QED) is 0.792. The Bertz CT molecular complexity index is 866. The molecule has 0 saturated carbocycles. The zero-order chi connectivity index (χ0) is 16.6. The summed E-state index contributed by atoms with van der Waals surface area (Å²) in [5.74, 6) is -3.66. The van der Waals surface area contributed by atoms with E-state index in [1.165, 1.54) is 24.3 Å². The molecule has 2 amide bonds. The number of fused-ring (bicyclic) bond motifs is 1. The first-order chi connectivity index (χ1) is 11.0. The van der Waals surface area contributed by atoms with Crippen LogP contribution >= 0.6 is 0 Å². The minimum absolute atomic E-state index is 0.102. The number of carbonyl (C=O) groups is 3. The third-order valence-electron chi connectivity index (χ3n) is 3.28. The number of benzene rings is 2. The Hall–Kier alpha value is -3.53. The van der Waals surface area contributed by atoms with Gasteiger partial charge < -0.3 is 4.84 Å². The van der Waals surface area contributed by atoms with Crippen LogP contribution in [0.1, 0.15) is 36.6 Å². The molecule has 0 radical (unpaired) electrons.